The van der Waals surface area contributed by atoms with E-state index in [1.54, 1.807) is 18.3 Å². The summed E-state index contributed by atoms with van der Waals surface area (Å²) in [7, 11) is 0. The number of benzene rings is 1. The Kier molecular flexibility index (Phi) is 8.15. The molecule has 1 saturated heterocycles. The minimum absolute atomic E-state index is 0.286. The molecule has 9 nitrogen and oxygen atoms in total. The summed E-state index contributed by atoms with van der Waals surface area (Å²) in [6.45, 7) is 0.639. The van der Waals surface area contributed by atoms with Crippen molar-refractivity contribution in [3.63, 3.8) is 0 Å². The summed E-state index contributed by atoms with van der Waals surface area (Å²) in [5, 5.41) is 0. The van der Waals surface area contributed by atoms with Gasteiger partial charge in [-0.2, -0.15) is 0 Å². The monoisotopic (exact) mass is 460 g/mol. The number of hydrogen-bond acceptors (Lipinski definition) is 8. The van der Waals surface area contributed by atoms with Crippen LogP contribution in [-0.4, -0.2) is 57.7 Å². The van der Waals surface area contributed by atoms with Gasteiger partial charge in [-0.15, -0.1) is 0 Å². The lowest BCUT2D eigenvalue weighted by molar-refractivity contribution is -0.0857. The van der Waals surface area contributed by atoms with E-state index in [0.29, 0.717) is 12.3 Å². The maximum atomic E-state index is 12.8. The Morgan fingerprint density at radius 1 is 1.00 bits per heavy atom. The van der Waals surface area contributed by atoms with E-state index in [0.717, 1.165) is 31.5 Å². The number of nitrogens with two attached hydrogens (primary N) is 3. The highest BCUT2D eigenvalue weighted by molar-refractivity contribution is 5.52. The molecule has 2 aliphatic rings. The van der Waals surface area contributed by atoms with Gasteiger partial charge in [-0.3, -0.25) is 11.5 Å². The second kappa shape index (κ2) is 11.3. The van der Waals surface area contributed by atoms with Gasteiger partial charge < -0.3 is 19.9 Å². The van der Waals surface area contributed by atoms with E-state index in [-0.39, 0.29) is 12.3 Å². The summed E-state index contributed by atoms with van der Waals surface area (Å²) in [4.78, 5) is 10.4. The lowest BCUT2D eigenvalue weighted by Crippen LogP contribution is -2.79. The van der Waals surface area contributed by atoms with Gasteiger partial charge in [-0.25, -0.2) is 19.2 Å². The van der Waals surface area contributed by atoms with Gasteiger partial charge in [0, 0.05) is 43.3 Å². The first-order chi connectivity index (χ1) is 16.1. The first-order valence-corrected chi connectivity index (χ1v) is 11.9. The molecule has 6 N–H and O–H groups in total. The van der Waals surface area contributed by atoms with Gasteiger partial charge in [0.05, 0.1) is 6.33 Å². The summed E-state index contributed by atoms with van der Waals surface area (Å²) >= 11 is 0. The SMILES string of the molecule is NC1N(CCCn2ccnc2)C(N)N(C2CCCCCC2)C(N)N1c1cccc(OCF)c1. The Hall–Kier alpha value is -2.24. The number of alkyl halides is 1. The van der Waals surface area contributed by atoms with Crippen molar-refractivity contribution < 1.29 is 9.13 Å². The van der Waals surface area contributed by atoms with E-state index in [4.69, 9.17) is 21.9 Å². The van der Waals surface area contributed by atoms with Crippen molar-refractivity contribution in [2.24, 2.45) is 17.2 Å². The van der Waals surface area contributed by atoms with Crippen molar-refractivity contribution in [2.75, 3.05) is 18.3 Å². The maximum Gasteiger partial charge on any atom is 0.228 e. The van der Waals surface area contributed by atoms with Crippen LogP contribution in [0.25, 0.3) is 0 Å². The number of nitrogens with zero attached hydrogens (tertiary/aromatic N) is 5. The number of anilines is 1. The van der Waals surface area contributed by atoms with Gasteiger partial charge in [0.2, 0.25) is 6.86 Å². The zero-order chi connectivity index (χ0) is 23.2. The fourth-order valence-corrected chi connectivity index (χ4v) is 5.15. The van der Waals surface area contributed by atoms with E-state index in [9.17, 15) is 4.39 Å². The van der Waals surface area contributed by atoms with Crippen molar-refractivity contribution in [3.05, 3.63) is 43.0 Å². The molecule has 1 aliphatic heterocycles. The average Bonchev–Trinajstić information content (AvgIpc) is 3.18. The molecule has 1 aliphatic carbocycles. The number of imidazole rings is 1. The predicted octanol–water partition coefficient (Wildman–Crippen LogP) is 2.15. The fourth-order valence-electron chi connectivity index (χ4n) is 5.15. The standard InChI is InChI=1S/C23H37FN8O/c24-16-33-20-10-5-9-19(15-20)32-22(26)30(13-6-12-29-14-11-28-17-29)21(25)31(23(32)27)18-7-3-1-2-4-8-18/h5,9-11,14-15,17-18,21-23H,1-4,6-8,12-13,16,25-27H2. The molecule has 2 fully saturated rings. The molecule has 3 unspecified atom stereocenters. The molecule has 1 saturated carbocycles. The number of aromatic nitrogens is 2. The molecule has 3 atom stereocenters. The molecular formula is C23H37FN8O. The lowest BCUT2D eigenvalue weighted by Gasteiger charge is -2.57. The van der Waals surface area contributed by atoms with E-state index in [1.807, 2.05) is 34.1 Å². The normalized spacial score (nSPS) is 25.8. The average molecular weight is 461 g/mol. The van der Waals surface area contributed by atoms with Gasteiger partial charge in [-0.05, 0) is 31.4 Å². The first kappa shape index (κ1) is 23.9. The summed E-state index contributed by atoms with van der Waals surface area (Å²) in [6.07, 6.45) is 12.0. The largest absolute Gasteiger partial charge is 0.463 e. The van der Waals surface area contributed by atoms with Gasteiger partial charge in [0.25, 0.3) is 0 Å². The second-order valence-corrected chi connectivity index (χ2v) is 8.88. The summed E-state index contributed by atoms with van der Waals surface area (Å²) in [5.41, 5.74) is 21.2. The third-order valence-electron chi connectivity index (χ3n) is 6.84. The quantitative estimate of drug-likeness (QED) is 0.514. The lowest BCUT2D eigenvalue weighted by atomic mass is 10.1. The molecule has 2 heterocycles. The molecule has 1 aromatic carbocycles. The summed E-state index contributed by atoms with van der Waals surface area (Å²) < 4.78 is 19.9. The summed E-state index contributed by atoms with van der Waals surface area (Å²) in [6, 6.07) is 7.55. The van der Waals surface area contributed by atoms with Crippen LogP contribution in [0, 0.1) is 0 Å². The highest BCUT2D eigenvalue weighted by Gasteiger charge is 2.44. The smallest absolute Gasteiger partial charge is 0.228 e. The fraction of sp³-hybridized carbons (Fsp3) is 0.609. The van der Waals surface area contributed by atoms with Crippen LogP contribution in [0.1, 0.15) is 44.9 Å². The third kappa shape index (κ3) is 5.47. The van der Waals surface area contributed by atoms with Crippen LogP contribution < -0.4 is 26.8 Å². The van der Waals surface area contributed by atoms with E-state index < -0.39 is 19.4 Å². The third-order valence-corrected chi connectivity index (χ3v) is 6.84. The van der Waals surface area contributed by atoms with Gasteiger partial charge in [0.1, 0.15) is 24.6 Å². The molecular weight excluding hydrogens is 423 g/mol. The molecule has 4 rings (SSSR count). The molecule has 0 spiro atoms. The number of rotatable bonds is 8. The maximum absolute atomic E-state index is 12.8. The van der Waals surface area contributed by atoms with Crippen LogP contribution in [0.3, 0.4) is 0 Å². The van der Waals surface area contributed by atoms with Crippen molar-refractivity contribution >= 4 is 5.69 Å². The second-order valence-electron chi connectivity index (χ2n) is 8.88. The minimum atomic E-state index is -0.888. The molecule has 0 bridgehead atoms. The Labute approximate surface area is 195 Å². The minimum Gasteiger partial charge on any atom is -0.463 e. The van der Waals surface area contributed by atoms with E-state index >= 15 is 0 Å². The topological polar surface area (TPSA) is 115 Å². The Morgan fingerprint density at radius 2 is 1.79 bits per heavy atom. The van der Waals surface area contributed by atoms with Gasteiger partial charge in [0.15, 0.2) is 0 Å². The van der Waals surface area contributed by atoms with Crippen LogP contribution in [0.5, 0.6) is 5.75 Å². The van der Waals surface area contributed by atoms with Gasteiger partial charge >= 0.3 is 0 Å². The number of aryl methyl sites for hydroxylation is 1. The summed E-state index contributed by atoms with van der Waals surface area (Å²) in [5.74, 6) is 0.442. The van der Waals surface area contributed by atoms with Crippen LogP contribution >= 0.6 is 0 Å². The number of ether oxygens (including phenoxy) is 1. The van der Waals surface area contributed by atoms with Crippen LogP contribution in [-0.2, 0) is 6.54 Å². The molecule has 1 aromatic heterocycles. The number of halogens is 1. The molecule has 182 valence electrons. The van der Waals surface area contributed by atoms with Crippen molar-refractivity contribution in [2.45, 2.75) is 76.4 Å². The Bertz CT molecular complexity index is 845. The number of hydrogen-bond donors (Lipinski definition) is 3. The van der Waals surface area contributed by atoms with Crippen molar-refractivity contribution in [1.29, 1.82) is 0 Å². The molecule has 10 heteroatoms. The molecule has 0 amide bonds. The molecule has 33 heavy (non-hydrogen) atoms. The highest BCUT2D eigenvalue weighted by Crippen LogP contribution is 2.33. The van der Waals surface area contributed by atoms with E-state index in [1.165, 1.54) is 25.7 Å². The predicted molar refractivity (Wildman–Crippen MR) is 126 cm³/mol. The molecule has 2 aromatic rings. The zero-order valence-electron chi connectivity index (χ0n) is 19.2. The van der Waals surface area contributed by atoms with Gasteiger partial charge in [-0.1, -0.05) is 31.7 Å². The Morgan fingerprint density at radius 3 is 2.48 bits per heavy atom. The zero-order valence-corrected chi connectivity index (χ0v) is 19.2. The van der Waals surface area contributed by atoms with Crippen LogP contribution in [0.4, 0.5) is 10.1 Å². The highest BCUT2D eigenvalue weighted by atomic mass is 19.1. The van der Waals surface area contributed by atoms with Crippen LogP contribution in [0.15, 0.2) is 43.0 Å². The van der Waals surface area contributed by atoms with Crippen LogP contribution in [0.2, 0.25) is 0 Å². The van der Waals surface area contributed by atoms with E-state index in [2.05, 4.69) is 14.8 Å². The first-order valence-electron chi connectivity index (χ1n) is 11.9. The van der Waals surface area contributed by atoms with Crippen molar-refractivity contribution in [3.8, 4) is 5.75 Å². The van der Waals surface area contributed by atoms with Crippen molar-refractivity contribution in [1.82, 2.24) is 19.4 Å². The molecule has 0 radical (unpaired) electrons. The Balaban J connectivity index is 1.60.